The van der Waals surface area contributed by atoms with Gasteiger partial charge in [0.05, 0.1) is 17.8 Å². The van der Waals surface area contributed by atoms with Crippen LogP contribution in [0.5, 0.6) is 0 Å². The van der Waals surface area contributed by atoms with Crippen molar-refractivity contribution in [2.45, 2.75) is 10.9 Å². The molecule has 5 nitrogen and oxygen atoms in total. The summed E-state index contributed by atoms with van der Waals surface area (Å²) in [5, 5.41) is 1.87. The van der Waals surface area contributed by atoms with Gasteiger partial charge in [-0.3, -0.25) is 0 Å². The Hall–Kier alpha value is -2.20. The first-order chi connectivity index (χ1) is 12.5. The van der Waals surface area contributed by atoms with Crippen LogP contribution < -0.4 is 4.72 Å². The minimum atomic E-state index is -3.87. The minimum absolute atomic E-state index is 0.0763. The second-order valence-electron chi connectivity index (χ2n) is 5.51. The first kappa shape index (κ1) is 17.2. The number of benzene rings is 2. The minimum Gasteiger partial charge on any atom is -0.207 e. The molecule has 0 aliphatic carbocycles. The van der Waals surface area contributed by atoms with Crippen LogP contribution in [0.1, 0.15) is 16.5 Å². The van der Waals surface area contributed by atoms with Crippen LogP contribution >= 0.6 is 23.1 Å². The largest absolute Gasteiger partial charge is 0.243 e. The van der Waals surface area contributed by atoms with E-state index in [0.29, 0.717) is 16.6 Å². The van der Waals surface area contributed by atoms with E-state index in [1.54, 1.807) is 24.3 Å². The molecule has 26 heavy (non-hydrogen) atoms. The average molecular weight is 406 g/mol. The smallest absolute Gasteiger partial charge is 0.207 e. The lowest BCUT2D eigenvalue weighted by Crippen LogP contribution is -2.29. The number of thiophene rings is 1. The molecule has 1 atom stereocenters. The van der Waals surface area contributed by atoms with Crippen molar-refractivity contribution in [1.29, 1.82) is 0 Å². The van der Waals surface area contributed by atoms with Gasteiger partial charge in [0.15, 0.2) is 0 Å². The molecule has 2 heterocycles. The maximum absolute atomic E-state index is 13.3. The molecule has 0 unspecified atom stereocenters. The SMILES string of the molecule is O=S(=O)(N[C@H](c1ccc(F)cc1)c1cccs1)c1cccc2nsnc12. The predicted molar refractivity (Wildman–Crippen MR) is 100 cm³/mol. The van der Waals surface area contributed by atoms with E-state index in [-0.39, 0.29) is 10.7 Å². The van der Waals surface area contributed by atoms with Gasteiger partial charge in [-0.25, -0.2) is 12.8 Å². The predicted octanol–water partition coefficient (Wildman–Crippen LogP) is 3.96. The fourth-order valence-electron chi connectivity index (χ4n) is 2.62. The topological polar surface area (TPSA) is 72.0 Å². The van der Waals surface area contributed by atoms with Gasteiger partial charge in [0.1, 0.15) is 21.7 Å². The number of halogens is 1. The van der Waals surface area contributed by atoms with Gasteiger partial charge < -0.3 is 0 Å². The van der Waals surface area contributed by atoms with Crippen LogP contribution in [0, 0.1) is 5.82 Å². The van der Waals surface area contributed by atoms with Crippen LogP contribution in [-0.4, -0.2) is 17.2 Å². The molecular weight excluding hydrogens is 393 g/mol. The highest BCUT2D eigenvalue weighted by Crippen LogP contribution is 2.29. The summed E-state index contributed by atoms with van der Waals surface area (Å²) in [6, 6.07) is 13.7. The molecule has 4 rings (SSSR count). The van der Waals surface area contributed by atoms with Crippen LogP contribution in [0.25, 0.3) is 11.0 Å². The Bertz CT molecular complexity index is 1140. The highest BCUT2D eigenvalue weighted by molar-refractivity contribution is 7.89. The van der Waals surface area contributed by atoms with Crippen molar-refractivity contribution >= 4 is 44.1 Å². The average Bonchev–Trinajstić information content (AvgIpc) is 3.31. The molecule has 0 aliphatic heterocycles. The van der Waals surface area contributed by atoms with Crippen LogP contribution in [0.3, 0.4) is 0 Å². The highest BCUT2D eigenvalue weighted by atomic mass is 32.2. The summed E-state index contributed by atoms with van der Waals surface area (Å²) in [7, 11) is -3.87. The summed E-state index contributed by atoms with van der Waals surface area (Å²) >= 11 is 2.39. The van der Waals surface area contributed by atoms with Crippen LogP contribution in [-0.2, 0) is 10.0 Å². The molecule has 132 valence electrons. The molecule has 2 aromatic carbocycles. The lowest BCUT2D eigenvalue weighted by Gasteiger charge is -2.18. The van der Waals surface area contributed by atoms with E-state index in [2.05, 4.69) is 13.5 Å². The van der Waals surface area contributed by atoms with Crippen molar-refractivity contribution in [2.75, 3.05) is 0 Å². The lowest BCUT2D eigenvalue weighted by atomic mass is 10.1. The molecule has 0 spiro atoms. The van der Waals surface area contributed by atoms with E-state index in [9.17, 15) is 12.8 Å². The molecule has 4 aromatic rings. The Morgan fingerprint density at radius 1 is 1.00 bits per heavy atom. The first-order valence-corrected chi connectivity index (χ1v) is 10.7. The zero-order chi connectivity index (χ0) is 18.1. The van der Waals surface area contributed by atoms with Gasteiger partial charge >= 0.3 is 0 Å². The van der Waals surface area contributed by atoms with Gasteiger partial charge in [0.25, 0.3) is 0 Å². The number of nitrogens with zero attached hydrogens (tertiary/aromatic N) is 2. The molecule has 1 N–H and O–H groups in total. The number of sulfonamides is 1. The van der Waals surface area contributed by atoms with E-state index in [0.717, 1.165) is 16.6 Å². The molecule has 0 saturated heterocycles. The molecular formula is C17H12FN3O2S3. The van der Waals surface area contributed by atoms with Crippen molar-refractivity contribution in [1.82, 2.24) is 13.5 Å². The van der Waals surface area contributed by atoms with Gasteiger partial charge in [-0.1, -0.05) is 24.3 Å². The number of hydrogen-bond acceptors (Lipinski definition) is 6. The molecule has 0 fully saturated rings. The van der Waals surface area contributed by atoms with Gasteiger partial charge in [-0.2, -0.15) is 13.5 Å². The zero-order valence-corrected chi connectivity index (χ0v) is 15.6. The number of rotatable bonds is 5. The van der Waals surface area contributed by atoms with E-state index >= 15 is 0 Å². The van der Waals surface area contributed by atoms with Crippen LogP contribution in [0.2, 0.25) is 0 Å². The van der Waals surface area contributed by atoms with Crippen molar-refractivity contribution < 1.29 is 12.8 Å². The number of fused-ring (bicyclic) bond motifs is 1. The lowest BCUT2D eigenvalue weighted by molar-refractivity contribution is 0.573. The summed E-state index contributed by atoms with van der Waals surface area (Å²) in [6.45, 7) is 0. The van der Waals surface area contributed by atoms with Crippen LogP contribution in [0.15, 0.2) is 64.9 Å². The van der Waals surface area contributed by atoms with Crippen molar-refractivity contribution in [2.24, 2.45) is 0 Å². The van der Waals surface area contributed by atoms with Gasteiger partial charge in [-0.05, 0) is 41.3 Å². The summed E-state index contributed by atoms with van der Waals surface area (Å²) in [5.74, 6) is -0.375. The number of hydrogen-bond donors (Lipinski definition) is 1. The third-order valence-electron chi connectivity index (χ3n) is 3.84. The Morgan fingerprint density at radius 2 is 1.81 bits per heavy atom. The van der Waals surface area contributed by atoms with Crippen molar-refractivity contribution in [3.63, 3.8) is 0 Å². The molecule has 9 heteroatoms. The summed E-state index contributed by atoms with van der Waals surface area (Å²) in [4.78, 5) is 0.885. The second-order valence-corrected chi connectivity index (χ2v) is 8.70. The monoisotopic (exact) mass is 405 g/mol. The fraction of sp³-hybridized carbons (Fsp3) is 0.0588. The second kappa shape index (κ2) is 6.84. The number of aromatic nitrogens is 2. The number of nitrogens with one attached hydrogen (secondary N) is 1. The maximum atomic E-state index is 13.3. The maximum Gasteiger partial charge on any atom is 0.243 e. The molecule has 0 radical (unpaired) electrons. The standard InChI is InChI=1S/C17H12FN3O2S3/c18-12-8-6-11(7-9-12)16(14-4-2-10-24-14)21-26(22,23)15-5-1-3-13-17(15)20-25-19-13/h1-10,16,21H/t16-/m1/s1. The molecule has 0 bridgehead atoms. The molecule has 2 aromatic heterocycles. The normalized spacial score (nSPS) is 13.1. The van der Waals surface area contributed by atoms with Gasteiger partial charge in [0, 0.05) is 4.88 Å². The van der Waals surface area contributed by atoms with Gasteiger partial charge in [0.2, 0.25) is 10.0 Å². The van der Waals surface area contributed by atoms with Gasteiger partial charge in [-0.15, -0.1) is 11.3 Å². The van der Waals surface area contributed by atoms with Crippen molar-refractivity contribution in [3.05, 3.63) is 76.2 Å². The fourth-order valence-corrected chi connectivity index (χ4v) is 5.47. The van der Waals surface area contributed by atoms with E-state index in [1.165, 1.54) is 29.5 Å². The molecule has 0 saturated carbocycles. The first-order valence-electron chi connectivity index (χ1n) is 7.57. The molecule has 0 aliphatic rings. The highest BCUT2D eigenvalue weighted by Gasteiger charge is 2.26. The van der Waals surface area contributed by atoms with E-state index in [1.807, 2.05) is 17.5 Å². The Kier molecular flexibility index (Phi) is 4.53. The Balaban J connectivity index is 1.78. The summed E-state index contributed by atoms with van der Waals surface area (Å²) < 4.78 is 50.3. The third kappa shape index (κ3) is 3.26. The Morgan fingerprint density at radius 3 is 2.54 bits per heavy atom. The van der Waals surface area contributed by atoms with E-state index in [4.69, 9.17) is 0 Å². The zero-order valence-electron chi connectivity index (χ0n) is 13.2. The quantitative estimate of drug-likeness (QED) is 0.546. The summed E-state index contributed by atoms with van der Waals surface area (Å²) in [5.41, 5.74) is 1.53. The van der Waals surface area contributed by atoms with Crippen molar-refractivity contribution in [3.8, 4) is 0 Å². The Labute approximate surface area is 157 Å². The van der Waals surface area contributed by atoms with Crippen LogP contribution in [0.4, 0.5) is 4.39 Å². The summed E-state index contributed by atoms with van der Waals surface area (Å²) in [6.07, 6.45) is 0. The third-order valence-corrected chi connectivity index (χ3v) is 6.78. The molecule has 0 amide bonds. The van der Waals surface area contributed by atoms with E-state index < -0.39 is 16.1 Å².